The van der Waals surface area contributed by atoms with Crippen LogP contribution in [0.1, 0.15) is 12.7 Å². The number of hydrogen-bond donors (Lipinski definition) is 0. The van der Waals surface area contributed by atoms with Crippen LogP contribution in [0.3, 0.4) is 0 Å². The van der Waals surface area contributed by atoms with E-state index in [-0.39, 0.29) is 71.0 Å². The molecule has 230 valence electrons. The lowest BCUT2D eigenvalue weighted by Gasteiger charge is -2.29. The maximum Gasteiger partial charge on any atom is 0.114 e. The third kappa shape index (κ3) is 5.54. The fraction of sp³-hybridized carbons (Fsp3) is 0.0488. The van der Waals surface area contributed by atoms with E-state index in [0.29, 0.717) is 61.3 Å². The molecule has 0 unspecified atom stereocenters. The highest BCUT2D eigenvalue weighted by Crippen LogP contribution is 2.41. The average Bonchev–Trinajstić information content (AvgIpc) is 3.60. The Morgan fingerprint density at radius 1 is 0.411 bits per heavy atom. The van der Waals surface area contributed by atoms with Gasteiger partial charge in [-0.3, -0.25) is 4.57 Å². The lowest BCUT2D eigenvalue weighted by molar-refractivity contribution is 0.908. The molecule has 1 heterocycles. The van der Waals surface area contributed by atoms with Gasteiger partial charge in [0, 0.05) is 12.1 Å². The molecule has 0 aliphatic rings. The third-order valence-corrected chi connectivity index (χ3v) is 10.8. The molecule has 1 aromatic heterocycles. The maximum atomic E-state index is 6.98. The second-order valence-electron chi connectivity index (χ2n) is 13.8. The summed E-state index contributed by atoms with van der Waals surface area (Å²) in [6.45, 7) is 2.06. The molecule has 0 aliphatic heterocycles. The van der Waals surface area contributed by atoms with Gasteiger partial charge < -0.3 is 0 Å². The van der Waals surface area contributed by atoms with Crippen LogP contribution in [0.25, 0.3) is 71.6 Å². The van der Waals surface area contributed by atoms with Crippen LogP contribution in [-0.2, 0) is 6.42 Å². The number of para-hydroxylation sites is 2. The lowest BCUT2D eigenvalue weighted by atomic mass is 9.59. The summed E-state index contributed by atoms with van der Waals surface area (Å²) in [5, 5.41) is 1.94. The first-order valence-electron chi connectivity index (χ1n) is 17.7. The van der Waals surface area contributed by atoms with Crippen molar-refractivity contribution in [3.8, 4) is 39.1 Å². The molecule has 15 heteroatoms. The minimum absolute atomic E-state index is 0.104. The van der Waals surface area contributed by atoms with Crippen molar-refractivity contribution in [3.05, 3.63) is 78.6 Å². The van der Waals surface area contributed by atoms with E-state index in [1.807, 2.05) is 72.8 Å². The second kappa shape index (κ2) is 14.1. The van der Waals surface area contributed by atoms with Crippen LogP contribution in [0, 0.1) is 0 Å². The molecule has 0 saturated heterocycles. The first kappa shape index (κ1) is 38.3. The van der Waals surface area contributed by atoms with Crippen molar-refractivity contribution in [3.63, 3.8) is 0 Å². The third-order valence-electron chi connectivity index (χ3n) is 10.8. The van der Waals surface area contributed by atoms with Crippen LogP contribution in [-0.4, -0.2) is 112 Å². The van der Waals surface area contributed by atoms with Crippen molar-refractivity contribution in [2.24, 2.45) is 0 Å². The van der Waals surface area contributed by atoms with E-state index in [1.165, 1.54) is 0 Å². The Balaban J connectivity index is 1.51. The molecule has 0 fully saturated rings. The van der Waals surface area contributed by atoms with Crippen molar-refractivity contribution in [1.82, 2.24) is 9.55 Å². The molecule has 0 bridgehead atoms. The van der Waals surface area contributed by atoms with E-state index in [1.54, 1.807) is 0 Å². The highest BCUT2D eigenvalue weighted by molar-refractivity contribution is 6.72. The standard InChI is InChI=1S/C41H17B13N2/c1-2-21-55-19-8-3-4-9-20(19)56(21)18-7-5-6-17(14-18)23-27-25(31(44)37(50)39(52)33(27)46)22(26-28(23)34(47)40(53)38(51)32(26)45)15-10-12-16(13-11-15)24-29(42)35(48)41(54)36(49)30(24)43/h3-14H,2H2,1H3. The molecule has 56 heavy (non-hydrogen) atoms. The molecule has 0 atom stereocenters. The highest BCUT2D eigenvalue weighted by Gasteiger charge is 2.25. The maximum absolute atomic E-state index is 6.98. The molecule has 0 amide bonds. The van der Waals surface area contributed by atoms with E-state index in [0.717, 1.165) is 22.5 Å². The quantitative estimate of drug-likeness (QED) is 0.132. The van der Waals surface area contributed by atoms with Crippen molar-refractivity contribution >= 4 is 206 Å². The topological polar surface area (TPSA) is 17.8 Å². The molecule has 0 spiro atoms. The van der Waals surface area contributed by atoms with E-state index in [9.17, 15) is 0 Å². The van der Waals surface area contributed by atoms with E-state index < -0.39 is 0 Å². The summed E-state index contributed by atoms with van der Waals surface area (Å²) in [6, 6.07) is 23.2. The molecular weight excluding hydrogens is 661 g/mol. The number of nitrogens with zero attached hydrogens (tertiary/aromatic N) is 2. The Morgan fingerprint density at radius 3 is 1.30 bits per heavy atom. The molecule has 26 radical (unpaired) electrons. The molecule has 0 N–H and O–H groups in total. The monoisotopic (exact) mass is 680 g/mol. The molecule has 2 nitrogen and oxygen atoms in total. The molecular formula is C41H17B13N2. The van der Waals surface area contributed by atoms with Gasteiger partial charge in [0.15, 0.2) is 0 Å². The van der Waals surface area contributed by atoms with Gasteiger partial charge in [-0.1, -0.05) is 88.2 Å². The van der Waals surface area contributed by atoms with Gasteiger partial charge in [0.2, 0.25) is 0 Å². The first-order chi connectivity index (χ1) is 26.7. The molecule has 7 aromatic carbocycles. The van der Waals surface area contributed by atoms with Crippen molar-refractivity contribution in [1.29, 1.82) is 0 Å². The number of benzene rings is 7. The van der Waals surface area contributed by atoms with Crippen LogP contribution in [0.4, 0.5) is 0 Å². The normalized spacial score (nSPS) is 11.6. The summed E-state index contributed by atoms with van der Waals surface area (Å²) in [4.78, 5) is 4.89. The van der Waals surface area contributed by atoms with E-state index in [2.05, 4.69) is 11.5 Å². The SMILES string of the molecule is [B]c1c([B])c([B])c(-c2ccc(-c3c4c([B])c([B])c([B])c([B])c4c(-c4cccc(-n5c(CC)nc6ccccc65)c4)c4c([B])c([B])c([B])c([B])c34)cc2)c([B])c1[B]. The number of aromatic nitrogens is 2. The largest absolute Gasteiger partial charge is 0.296 e. The van der Waals surface area contributed by atoms with Crippen molar-refractivity contribution < 1.29 is 0 Å². The molecule has 8 aromatic rings. The Morgan fingerprint density at radius 2 is 0.821 bits per heavy atom. The van der Waals surface area contributed by atoms with E-state index >= 15 is 0 Å². The van der Waals surface area contributed by atoms with Gasteiger partial charge in [-0.25, -0.2) is 4.98 Å². The van der Waals surface area contributed by atoms with Gasteiger partial charge >= 0.3 is 0 Å². The molecule has 0 aliphatic carbocycles. The van der Waals surface area contributed by atoms with E-state index in [4.69, 9.17) is 107 Å². The van der Waals surface area contributed by atoms with Gasteiger partial charge in [-0.15, -0.1) is 38.2 Å². The molecule has 0 saturated carbocycles. The number of aryl methyl sites for hydroxylation is 1. The number of hydrogen-bond acceptors (Lipinski definition) is 1. The summed E-state index contributed by atoms with van der Waals surface area (Å²) in [6.07, 6.45) is 0.690. The van der Waals surface area contributed by atoms with Gasteiger partial charge in [-0.05, 0) is 79.2 Å². The van der Waals surface area contributed by atoms with Gasteiger partial charge in [0.1, 0.15) is 108 Å². The Bertz CT molecular complexity index is 2880. The fourth-order valence-corrected chi connectivity index (χ4v) is 7.89. The summed E-state index contributed by atoms with van der Waals surface area (Å²) < 4.78 is 2.12. The zero-order valence-corrected chi connectivity index (χ0v) is 30.5. The minimum Gasteiger partial charge on any atom is -0.296 e. The average molecular weight is 678 g/mol. The Labute approximate surface area is 344 Å². The zero-order valence-electron chi connectivity index (χ0n) is 30.5. The molecule has 8 rings (SSSR count). The van der Waals surface area contributed by atoms with Crippen LogP contribution in [0.5, 0.6) is 0 Å². The summed E-state index contributed by atoms with van der Waals surface area (Å²) >= 11 is 0. The van der Waals surface area contributed by atoms with Crippen molar-refractivity contribution in [2.45, 2.75) is 13.3 Å². The summed E-state index contributed by atoms with van der Waals surface area (Å²) in [5.74, 6) is 0.881. The van der Waals surface area contributed by atoms with Gasteiger partial charge in [0.25, 0.3) is 0 Å². The number of fused-ring (bicyclic) bond motifs is 3. The lowest BCUT2D eigenvalue weighted by Crippen LogP contribution is -2.55. The van der Waals surface area contributed by atoms with Gasteiger partial charge in [-0.2, -0.15) is 0 Å². The predicted molar refractivity (Wildman–Crippen MR) is 252 cm³/mol. The minimum atomic E-state index is 0.104. The Hall–Kier alpha value is -4.63. The smallest absolute Gasteiger partial charge is 0.114 e. The fourth-order valence-electron chi connectivity index (χ4n) is 7.89. The van der Waals surface area contributed by atoms with Crippen molar-refractivity contribution in [2.75, 3.05) is 0 Å². The van der Waals surface area contributed by atoms with Crippen LogP contribution < -0.4 is 71.0 Å². The Kier molecular flexibility index (Phi) is 9.62. The predicted octanol–water partition coefficient (Wildman–Crippen LogP) is -4.79. The second-order valence-corrected chi connectivity index (χ2v) is 13.8. The van der Waals surface area contributed by atoms with Crippen LogP contribution >= 0.6 is 0 Å². The van der Waals surface area contributed by atoms with Gasteiger partial charge in [0.05, 0.1) is 11.0 Å². The first-order valence-corrected chi connectivity index (χ1v) is 17.7. The summed E-state index contributed by atoms with van der Waals surface area (Å²) in [5.41, 5.74) is 8.14. The number of rotatable bonds is 5. The number of imidazole rings is 1. The van der Waals surface area contributed by atoms with Crippen LogP contribution in [0.15, 0.2) is 72.8 Å². The summed E-state index contributed by atoms with van der Waals surface area (Å²) in [7, 11) is 85.6. The zero-order chi connectivity index (χ0) is 40.1. The van der Waals surface area contributed by atoms with Crippen LogP contribution in [0.2, 0.25) is 0 Å². The highest BCUT2D eigenvalue weighted by atomic mass is 15.1.